The van der Waals surface area contributed by atoms with Crippen LogP contribution in [0.15, 0.2) is 54.7 Å². The molecule has 0 unspecified atom stereocenters. The molecule has 1 aliphatic rings. The molecule has 1 fully saturated rings. The van der Waals surface area contributed by atoms with Crippen molar-refractivity contribution < 1.29 is 5.11 Å². The number of pyridine rings is 1. The number of aliphatic hydroxyl groups is 1. The highest BCUT2D eigenvalue weighted by molar-refractivity contribution is 5.30. The maximum Gasteiger partial charge on any atom is 0.0692 e. The van der Waals surface area contributed by atoms with Crippen molar-refractivity contribution in [1.29, 1.82) is 0 Å². The highest BCUT2D eigenvalue weighted by Crippen LogP contribution is 2.36. The summed E-state index contributed by atoms with van der Waals surface area (Å²) < 4.78 is 0. The molecule has 110 valence electrons. The fraction of sp³-hybridized carbons (Fsp3) is 0.421. The number of rotatable bonds is 4. The summed E-state index contributed by atoms with van der Waals surface area (Å²) in [6, 6.07) is 16.3. The van der Waals surface area contributed by atoms with Gasteiger partial charge in [0.2, 0.25) is 0 Å². The van der Waals surface area contributed by atoms with Crippen molar-refractivity contribution in [1.82, 2.24) is 4.98 Å². The molecule has 1 heterocycles. The van der Waals surface area contributed by atoms with Crippen LogP contribution in [-0.4, -0.2) is 16.2 Å². The first-order valence-corrected chi connectivity index (χ1v) is 8.00. The Morgan fingerprint density at radius 2 is 1.62 bits per heavy atom. The zero-order chi connectivity index (χ0) is 14.5. The van der Waals surface area contributed by atoms with Crippen LogP contribution in [0.3, 0.4) is 0 Å². The summed E-state index contributed by atoms with van der Waals surface area (Å²) in [4.78, 5) is 4.51. The Hall–Kier alpha value is -1.67. The Morgan fingerprint density at radius 1 is 0.905 bits per heavy atom. The molecule has 0 spiro atoms. The first-order chi connectivity index (χ1) is 10.4. The predicted molar refractivity (Wildman–Crippen MR) is 85.1 cm³/mol. The van der Waals surface area contributed by atoms with Crippen molar-refractivity contribution >= 4 is 0 Å². The molecular weight excluding hydrogens is 258 g/mol. The molecule has 1 aromatic carbocycles. The van der Waals surface area contributed by atoms with Gasteiger partial charge in [0.1, 0.15) is 0 Å². The lowest BCUT2D eigenvalue weighted by Gasteiger charge is -2.32. The van der Waals surface area contributed by atoms with E-state index in [-0.39, 0.29) is 12.0 Å². The van der Waals surface area contributed by atoms with E-state index in [0.717, 1.165) is 24.1 Å². The van der Waals surface area contributed by atoms with Gasteiger partial charge in [-0.25, -0.2) is 0 Å². The number of hydrogen-bond acceptors (Lipinski definition) is 2. The first-order valence-electron chi connectivity index (χ1n) is 8.00. The second-order valence-corrected chi connectivity index (χ2v) is 6.03. The van der Waals surface area contributed by atoms with E-state index in [1.165, 1.54) is 19.3 Å². The monoisotopic (exact) mass is 281 g/mol. The average Bonchev–Trinajstić information content (AvgIpc) is 2.58. The van der Waals surface area contributed by atoms with Gasteiger partial charge >= 0.3 is 0 Å². The molecule has 2 nitrogen and oxygen atoms in total. The molecule has 0 radical (unpaired) electrons. The van der Waals surface area contributed by atoms with Crippen molar-refractivity contribution in [3.05, 3.63) is 66.0 Å². The molecule has 2 atom stereocenters. The highest BCUT2D eigenvalue weighted by Gasteiger charge is 2.31. The Bertz CT molecular complexity index is 495. The average molecular weight is 281 g/mol. The molecule has 0 saturated heterocycles. The summed E-state index contributed by atoms with van der Waals surface area (Å²) in [6.07, 6.45) is 7.54. The van der Waals surface area contributed by atoms with E-state index in [1.54, 1.807) is 0 Å². The van der Waals surface area contributed by atoms with E-state index in [9.17, 15) is 5.11 Å². The maximum absolute atomic E-state index is 11.0. The van der Waals surface area contributed by atoms with Crippen LogP contribution in [0.5, 0.6) is 0 Å². The minimum atomic E-state index is -0.345. The molecule has 2 heteroatoms. The van der Waals surface area contributed by atoms with E-state index in [0.29, 0.717) is 5.92 Å². The fourth-order valence-corrected chi connectivity index (χ4v) is 3.51. The summed E-state index contributed by atoms with van der Waals surface area (Å²) >= 11 is 0. The van der Waals surface area contributed by atoms with E-state index >= 15 is 0 Å². The number of benzene rings is 1. The SMILES string of the molecule is O[C@H](C1CCCCC1)[C@H](c1ccccc1)c1ccccn1. The van der Waals surface area contributed by atoms with E-state index in [2.05, 4.69) is 17.1 Å². The van der Waals surface area contributed by atoms with Crippen LogP contribution >= 0.6 is 0 Å². The molecule has 2 aromatic rings. The van der Waals surface area contributed by atoms with Crippen LogP contribution in [0.25, 0.3) is 0 Å². The van der Waals surface area contributed by atoms with Crippen molar-refractivity contribution in [2.24, 2.45) is 5.92 Å². The Morgan fingerprint density at radius 3 is 2.29 bits per heavy atom. The van der Waals surface area contributed by atoms with Crippen LogP contribution in [0.2, 0.25) is 0 Å². The van der Waals surface area contributed by atoms with Gasteiger partial charge in [-0.15, -0.1) is 0 Å². The van der Waals surface area contributed by atoms with E-state index in [4.69, 9.17) is 0 Å². The Balaban J connectivity index is 1.92. The van der Waals surface area contributed by atoms with Crippen molar-refractivity contribution in [2.75, 3.05) is 0 Å². The highest BCUT2D eigenvalue weighted by atomic mass is 16.3. The molecule has 21 heavy (non-hydrogen) atoms. The van der Waals surface area contributed by atoms with Crippen LogP contribution in [0.4, 0.5) is 0 Å². The first kappa shape index (κ1) is 14.3. The lowest BCUT2D eigenvalue weighted by atomic mass is 9.77. The van der Waals surface area contributed by atoms with Gasteiger partial charge in [0.25, 0.3) is 0 Å². The lowest BCUT2D eigenvalue weighted by molar-refractivity contribution is 0.0696. The van der Waals surface area contributed by atoms with Crippen molar-refractivity contribution in [3.63, 3.8) is 0 Å². The van der Waals surface area contributed by atoms with Gasteiger partial charge < -0.3 is 5.11 Å². The molecule has 1 saturated carbocycles. The van der Waals surface area contributed by atoms with Gasteiger partial charge in [0, 0.05) is 6.20 Å². The summed E-state index contributed by atoms with van der Waals surface area (Å²) in [5.74, 6) is 0.376. The van der Waals surface area contributed by atoms with Gasteiger partial charge in [-0.1, -0.05) is 55.7 Å². The zero-order valence-corrected chi connectivity index (χ0v) is 12.4. The van der Waals surface area contributed by atoms with Crippen LogP contribution in [-0.2, 0) is 0 Å². The number of aliphatic hydroxyl groups excluding tert-OH is 1. The maximum atomic E-state index is 11.0. The van der Waals surface area contributed by atoms with Crippen molar-refractivity contribution in [2.45, 2.75) is 44.1 Å². The van der Waals surface area contributed by atoms with Crippen LogP contribution in [0, 0.1) is 5.92 Å². The molecular formula is C19H23NO. The third-order valence-corrected chi connectivity index (χ3v) is 4.64. The normalized spacial score (nSPS) is 19.1. The Kier molecular flexibility index (Phi) is 4.66. The smallest absolute Gasteiger partial charge is 0.0692 e. The molecule has 0 amide bonds. The number of aromatic nitrogens is 1. The predicted octanol–water partition coefficient (Wildman–Crippen LogP) is 4.15. The van der Waals surface area contributed by atoms with Crippen LogP contribution < -0.4 is 0 Å². The third kappa shape index (κ3) is 3.33. The summed E-state index contributed by atoms with van der Waals surface area (Å²) in [7, 11) is 0. The number of hydrogen-bond donors (Lipinski definition) is 1. The van der Waals surface area contributed by atoms with Gasteiger partial charge in [-0.3, -0.25) is 4.98 Å². The third-order valence-electron chi connectivity index (χ3n) is 4.64. The zero-order valence-electron chi connectivity index (χ0n) is 12.4. The topological polar surface area (TPSA) is 33.1 Å². The minimum Gasteiger partial charge on any atom is -0.392 e. The van der Waals surface area contributed by atoms with Gasteiger partial charge in [0.15, 0.2) is 0 Å². The number of nitrogens with zero attached hydrogens (tertiary/aromatic N) is 1. The lowest BCUT2D eigenvalue weighted by Crippen LogP contribution is -2.30. The fourth-order valence-electron chi connectivity index (χ4n) is 3.51. The molecule has 1 N–H and O–H groups in total. The van der Waals surface area contributed by atoms with Gasteiger partial charge in [-0.05, 0) is 36.5 Å². The second kappa shape index (κ2) is 6.86. The second-order valence-electron chi connectivity index (χ2n) is 6.03. The summed E-state index contributed by atoms with van der Waals surface area (Å²) in [5, 5.41) is 11.0. The van der Waals surface area contributed by atoms with E-state index < -0.39 is 0 Å². The van der Waals surface area contributed by atoms with E-state index in [1.807, 2.05) is 42.6 Å². The standard InChI is InChI=1S/C19H23NO/c21-19(16-11-5-2-6-12-16)18(15-9-3-1-4-10-15)17-13-7-8-14-20-17/h1,3-4,7-10,13-14,16,18-19,21H,2,5-6,11-12H2/t18-,19-/m1/s1. The quantitative estimate of drug-likeness (QED) is 0.913. The molecule has 1 aliphatic carbocycles. The molecule has 1 aromatic heterocycles. The van der Waals surface area contributed by atoms with Crippen LogP contribution in [0.1, 0.15) is 49.3 Å². The molecule has 0 aliphatic heterocycles. The van der Waals surface area contributed by atoms with Crippen molar-refractivity contribution in [3.8, 4) is 0 Å². The largest absolute Gasteiger partial charge is 0.392 e. The summed E-state index contributed by atoms with van der Waals surface area (Å²) in [5.41, 5.74) is 2.14. The van der Waals surface area contributed by atoms with Gasteiger partial charge in [0.05, 0.1) is 17.7 Å². The molecule has 3 rings (SSSR count). The molecule has 0 bridgehead atoms. The Labute approximate surface area is 126 Å². The summed E-state index contributed by atoms with van der Waals surface area (Å²) in [6.45, 7) is 0. The minimum absolute atomic E-state index is 0.0181. The van der Waals surface area contributed by atoms with Gasteiger partial charge in [-0.2, -0.15) is 0 Å².